The summed E-state index contributed by atoms with van der Waals surface area (Å²) in [5.41, 5.74) is -3.58. The van der Waals surface area contributed by atoms with E-state index in [0.717, 1.165) is 5.57 Å². The summed E-state index contributed by atoms with van der Waals surface area (Å²) in [6, 6.07) is 0. The Kier molecular flexibility index (Phi) is 4.65. The molecule has 0 unspecified atom stereocenters. The number of carbonyl (C=O) groups is 3. The summed E-state index contributed by atoms with van der Waals surface area (Å²) >= 11 is 0. The smallest absolute Gasteiger partial charge is 0.313 e. The Bertz CT molecular complexity index is 973. The van der Waals surface area contributed by atoms with Gasteiger partial charge in [0.05, 0.1) is 42.4 Å². The van der Waals surface area contributed by atoms with Crippen LogP contribution in [0.2, 0.25) is 0 Å². The van der Waals surface area contributed by atoms with Crippen LogP contribution in [0.3, 0.4) is 0 Å². The van der Waals surface area contributed by atoms with Crippen molar-refractivity contribution in [3.05, 3.63) is 11.6 Å². The first kappa shape index (κ1) is 23.0. The van der Waals surface area contributed by atoms with Crippen LogP contribution in [0.25, 0.3) is 0 Å². The van der Waals surface area contributed by atoms with E-state index in [-0.39, 0.29) is 19.0 Å². The van der Waals surface area contributed by atoms with Crippen LogP contribution in [-0.2, 0) is 33.3 Å². The average Bonchev–Trinajstić information content (AvgIpc) is 3.35. The van der Waals surface area contributed by atoms with Gasteiger partial charge in [-0.05, 0) is 40.2 Å². The summed E-state index contributed by atoms with van der Waals surface area (Å²) in [6.45, 7) is 13.1. The minimum absolute atomic E-state index is 0.155. The SMILES string of the molecule is CCOC(=O)[C@@H]1[C@H]2C(=O)[C@H]3[C@H](C(=O)OCC)[C@@]4(C)O[C@@]3([C@@H](C)[C@@H]4O)[C@@H](C)[C@@]23O[C@]1(C)C=C3C. The molecule has 5 rings (SSSR count). The lowest BCUT2D eigenvalue weighted by Crippen LogP contribution is -2.71. The van der Waals surface area contributed by atoms with E-state index in [2.05, 4.69) is 0 Å². The molecule has 0 radical (unpaired) electrons. The first-order valence-corrected chi connectivity index (χ1v) is 12.0. The number of fused-ring (bicyclic) bond motifs is 2. The van der Waals surface area contributed by atoms with Crippen molar-refractivity contribution in [2.45, 2.75) is 77.0 Å². The number of ketones is 1. The maximum Gasteiger partial charge on any atom is 0.313 e. The topological polar surface area (TPSA) is 108 Å². The number of hydrogen-bond acceptors (Lipinski definition) is 8. The fourth-order valence-corrected chi connectivity index (χ4v) is 8.47. The number of esters is 2. The minimum atomic E-state index is -1.27. The van der Waals surface area contributed by atoms with E-state index in [1.165, 1.54) is 0 Å². The van der Waals surface area contributed by atoms with E-state index in [0.29, 0.717) is 0 Å². The Balaban J connectivity index is 1.72. The van der Waals surface area contributed by atoms with E-state index in [9.17, 15) is 19.5 Å². The third-order valence-corrected chi connectivity index (χ3v) is 9.54. The van der Waals surface area contributed by atoms with Crippen LogP contribution in [-0.4, -0.2) is 64.6 Å². The molecular formula is C25H34O8. The molecule has 0 aromatic heterocycles. The number of hydrogen-bond donors (Lipinski definition) is 1. The van der Waals surface area contributed by atoms with Gasteiger partial charge in [0.1, 0.15) is 28.8 Å². The van der Waals surface area contributed by atoms with Gasteiger partial charge < -0.3 is 24.1 Å². The van der Waals surface area contributed by atoms with Gasteiger partial charge in [0.25, 0.3) is 0 Å². The molecule has 33 heavy (non-hydrogen) atoms. The molecule has 11 atom stereocenters. The highest BCUT2D eigenvalue weighted by atomic mass is 16.6. The molecule has 8 heteroatoms. The quantitative estimate of drug-likeness (QED) is 0.498. The van der Waals surface area contributed by atoms with Crippen molar-refractivity contribution in [3.63, 3.8) is 0 Å². The molecule has 4 aliphatic heterocycles. The van der Waals surface area contributed by atoms with Crippen molar-refractivity contribution >= 4 is 17.7 Å². The van der Waals surface area contributed by atoms with Crippen LogP contribution < -0.4 is 0 Å². The first-order chi connectivity index (χ1) is 15.4. The zero-order valence-corrected chi connectivity index (χ0v) is 20.3. The highest BCUT2D eigenvalue weighted by Crippen LogP contribution is 2.73. The highest BCUT2D eigenvalue weighted by molar-refractivity contribution is 5.98. The van der Waals surface area contributed by atoms with Gasteiger partial charge in [0.15, 0.2) is 0 Å². The summed E-state index contributed by atoms with van der Waals surface area (Å²) in [5.74, 6) is -5.50. The second-order valence-corrected chi connectivity index (χ2v) is 10.8. The van der Waals surface area contributed by atoms with Crippen LogP contribution in [0.5, 0.6) is 0 Å². The van der Waals surface area contributed by atoms with Crippen LogP contribution in [0.15, 0.2) is 11.6 Å². The Morgan fingerprint density at radius 1 is 1.03 bits per heavy atom. The van der Waals surface area contributed by atoms with E-state index < -0.39 is 76.0 Å². The van der Waals surface area contributed by atoms with Gasteiger partial charge in [-0.2, -0.15) is 0 Å². The van der Waals surface area contributed by atoms with Gasteiger partial charge >= 0.3 is 11.9 Å². The molecule has 4 heterocycles. The molecule has 4 bridgehead atoms. The summed E-state index contributed by atoms with van der Waals surface area (Å²) in [5, 5.41) is 11.2. The number of carbonyl (C=O) groups excluding carboxylic acids is 3. The summed E-state index contributed by atoms with van der Waals surface area (Å²) in [7, 11) is 0. The fourth-order valence-electron chi connectivity index (χ4n) is 8.47. The largest absolute Gasteiger partial charge is 0.466 e. The lowest BCUT2D eigenvalue weighted by molar-refractivity contribution is -0.197. The summed E-state index contributed by atoms with van der Waals surface area (Å²) < 4.78 is 24.0. The van der Waals surface area contributed by atoms with Crippen molar-refractivity contribution in [2.75, 3.05) is 13.2 Å². The predicted octanol–water partition coefficient (Wildman–Crippen LogP) is 1.82. The lowest BCUT2D eigenvalue weighted by Gasteiger charge is -2.56. The molecule has 0 aromatic carbocycles. The molecule has 8 nitrogen and oxygen atoms in total. The molecule has 5 aliphatic rings. The maximum atomic E-state index is 14.4. The van der Waals surface area contributed by atoms with Crippen molar-refractivity contribution in [3.8, 4) is 0 Å². The summed E-state index contributed by atoms with van der Waals surface area (Å²) in [4.78, 5) is 40.8. The molecular weight excluding hydrogens is 428 g/mol. The molecule has 4 fully saturated rings. The number of aliphatic hydroxyl groups excluding tert-OH is 1. The molecule has 2 spiro atoms. The normalized spacial score (nSPS) is 53.5. The van der Waals surface area contributed by atoms with Gasteiger partial charge in [-0.1, -0.05) is 19.9 Å². The highest BCUT2D eigenvalue weighted by Gasteiger charge is 2.86. The number of rotatable bonds is 4. The van der Waals surface area contributed by atoms with Crippen molar-refractivity contribution < 1.29 is 38.4 Å². The van der Waals surface area contributed by atoms with Crippen molar-refractivity contribution in [1.29, 1.82) is 0 Å². The Hall–Kier alpha value is -1.77. The molecule has 0 amide bonds. The second-order valence-electron chi connectivity index (χ2n) is 10.8. The van der Waals surface area contributed by atoms with E-state index >= 15 is 0 Å². The summed E-state index contributed by atoms with van der Waals surface area (Å²) in [6.07, 6.45) is 0.976. The molecule has 0 aromatic rings. The molecule has 1 N–H and O–H groups in total. The Morgan fingerprint density at radius 2 is 1.61 bits per heavy atom. The van der Waals surface area contributed by atoms with Gasteiger partial charge in [-0.25, -0.2) is 0 Å². The number of aliphatic hydroxyl groups is 1. The monoisotopic (exact) mass is 462 g/mol. The molecule has 1 aliphatic carbocycles. The Labute approximate surface area is 194 Å². The lowest BCUT2D eigenvalue weighted by atomic mass is 9.45. The third-order valence-electron chi connectivity index (χ3n) is 9.54. The first-order valence-electron chi connectivity index (χ1n) is 12.0. The van der Waals surface area contributed by atoms with Gasteiger partial charge in [-0.3, -0.25) is 14.4 Å². The van der Waals surface area contributed by atoms with Gasteiger partial charge in [-0.15, -0.1) is 0 Å². The minimum Gasteiger partial charge on any atom is -0.466 e. The molecule has 1 saturated carbocycles. The van der Waals surface area contributed by atoms with Crippen LogP contribution in [0.4, 0.5) is 0 Å². The number of Topliss-reactive ketones (excluding diaryl/α,β-unsaturated/α-hetero) is 1. The zero-order valence-electron chi connectivity index (χ0n) is 20.3. The van der Waals surface area contributed by atoms with E-state index in [1.54, 1.807) is 20.8 Å². The fraction of sp³-hybridized carbons (Fsp3) is 0.800. The Morgan fingerprint density at radius 3 is 2.18 bits per heavy atom. The van der Waals surface area contributed by atoms with Crippen molar-refractivity contribution in [1.82, 2.24) is 0 Å². The van der Waals surface area contributed by atoms with Gasteiger partial charge in [0.2, 0.25) is 0 Å². The third kappa shape index (κ3) is 2.26. The number of ether oxygens (including phenoxy) is 4. The second kappa shape index (κ2) is 6.67. The molecule has 182 valence electrons. The van der Waals surface area contributed by atoms with Crippen LogP contribution >= 0.6 is 0 Å². The van der Waals surface area contributed by atoms with Crippen molar-refractivity contribution in [2.24, 2.45) is 35.5 Å². The standard InChI is InChI=1S/C25H34O8/c1-8-30-20(28)16-14-18(26)15-17(21(29)31-9-2)23(7)19(27)12(4)25(15,33-23)13(5)24(14)11(3)10-22(16,6)32-24/h10,12-17,19,27H,8-9H2,1-7H3/t12-,13-,14-,15+,16-,17+,19-,22+,23+,24+,25-/m0/s1. The zero-order chi connectivity index (χ0) is 24.3. The molecule has 3 saturated heterocycles. The predicted molar refractivity (Wildman–Crippen MR) is 115 cm³/mol. The van der Waals surface area contributed by atoms with Gasteiger partial charge in [0, 0.05) is 11.8 Å². The van der Waals surface area contributed by atoms with E-state index in [1.807, 2.05) is 33.8 Å². The van der Waals surface area contributed by atoms with Crippen LogP contribution in [0.1, 0.15) is 48.5 Å². The van der Waals surface area contributed by atoms with Crippen LogP contribution in [0, 0.1) is 35.5 Å². The van der Waals surface area contributed by atoms with E-state index in [4.69, 9.17) is 18.9 Å². The maximum absolute atomic E-state index is 14.4. The average molecular weight is 463 g/mol.